The van der Waals surface area contributed by atoms with Crippen LogP contribution in [-0.4, -0.2) is 16.2 Å². The Bertz CT molecular complexity index is 247. The minimum atomic E-state index is -0.159. The van der Waals surface area contributed by atoms with Crippen LogP contribution >= 0.6 is 11.3 Å². The third-order valence-electron chi connectivity index (χ3n) is 2.75. The molecule has 2 nitrogen and oxygen atoms in total. The third kappa shape index (κ3) is 2.09. The summed E-state index contributed by atoms with van der Waals surface area (Å²) >= 11 is 1.67. The minimum absolute atomic E-state index is 0.159. The Morgan fingerprint density at radius 3 is 2.92 bits per heavy atom. The summed E-state index contributed by atoms with van der Waals surface area (Å²) in [6, 6.07) is 0. The molecular formula is C10H15NOS. The molecule has 0 aliphatic heterocycles. The highest BCUT2D eigenvalue weighted by Gasteiger charge is 2.24. The van der Waals surface area contributed by atoms with E-state index in [1.165, 1.54) is 19.3 Å². The fourth-order valence-corrected chi connectivity index (χ4v) is 2.83. The first kappa shape index (κ1) is 9.16. The zero-order valence-corrected chi connectivity index (χ0v) is 8.46. The number of aliphatic hydroxyl groups excluding tert-OH is 1. The molecule has 1 aromatic heterocycles. The minimum Gasteiger partial charge on any atom is -0.392 e. The van der Waals surface area contributed by atoms with Crippen molar-refractivity contribution in [2.75, 3.05) is 0 Å². The Balaban J connectivity index is 2.11. The van der Waals surface area contributed by atoms with Gasteiger partial charge in [0.05, 0.1) is 11.1 Å². The van der Waals surface area contributed by atoms with Crippen molar-refractivity contribution in [2.45, 2.75) is 44.1 Å². The average Bonchev–Trinajstić information content (AvgIpc) is 2.56. The molecule has 1 aliphatic carbocycles. The van der Waals surface area contributed by atoms with Crippen LogP contribution in [0.1, 0.15) is 43.0 Å². The SMILES string of the molecule is O[C@@H]1CCCCC[C@H]1c1nccs1. The largest absolute Gasteiger partial charge is 0.392 e. The van der Waals surface area contributed by atoms with Gasteiger partial charge in [0, 0.05) is 17.5 Å². The van der Waals surface area contributed by atoms with Crippen LogP contribution in [-0.2, 0) is 0 Å². The molecule has 0 saturated heterocycles. The maximum atomic E-state index is 9.89. The third-order valence-corrected chi connectivity index (χ3v) is 3.66. The summed E-state index contributed by atoms with van der Waals surface area (Å²) < 4.78 is 0. The number of hydrogen-bond acceptors (Lipinski definition) is 3. The molecule has 1 fully saturated rings. The van der Waals surface area contributed by atoms with E-state index < -0.39 is 0 Å². The first-order chi connectivity index (χ1) is 6.38. The molecule has 0 aromatic carbocycles. The van der Waals surface area contributed by atoms with E-state index in [1.54, 1.807) is 11.3 Å². The van der Waals surface area contributed by atoms with Crippen molar-refractivity contribution in [1.29, 1.82) is 0 Å². The van der Waals surface area contributed by atoms with Crippen LogP contribution < -0.4 is 0 Å². The molecule has 1 aliphatic rings. The molecule has 0 bridgehead atoms. The molecule has 1 N–H and O–H groups in total. The lowest BCUT2D eigenvalue weighted by Gasteiger charge is -2.17. The van der Waals surface area contributed by atoms with E-state index >= 15 is 0 Å². The molecule has 2 atom stereocenters. The molecular weight excluding hydrogens is 182 g/mol. The molecule has 13 heavy (non-hydrogen) atoms. The Morgan fingerprint density at radius 1 is 1.31 bits per heavy atom. The van der Waals surface area contributed by atoms with Crippen molar-refractivity contribution in [3.05, 3.63) is 16.6 Å². The van der Waals surface area contributed by atoms with Crippen molar-refractivity contribution in [3.63, 3.8) is 0 Å². The predicted octanol–water partition coefficient (Wildman–Crippen LogP) is 2.55. The summed E-state index contributed by atoms with van der Waals surface area (Å²) in [5, 5.41) is 13.0. The Labute approximate surface area is 82.6 Å². The van der Waals surface area contributed by atoms with Crippen LogP contribution in [0.3, 0.4) is 0 Å². The molecule has 72 valence electrons. The highest BCUT2D eigenvalue weighted by molar-refractivity contribution is 7.09. The maximum absolute atomic E-state index is 9.89. The van der Waals surface area contributed by atoms with Crippen molar-refractivity contribution in [2.24, 2.45) is 0 Å². The summed E-state index contributed by atoms with van der Waals surface area (Å²) in [4.78, 5) is 4.29. The van der Waals surface area contributed by atoms with Crippen LogP contribution in [0.4, 0.5) is 0 Å². The van der Waals surface area contributed by atoms with Gasteiger partial charge in [-0.25, -0.2) is 4.98 Å². The molecule has 0 amide bonds. The molecule has 0 radical (unpaired) electrons. The van der Waals surface area contributed by atoms with Gasteiger partial charge in [-0.1, -0.05) is 19.3 Å². The van der Waals surface area contributed by atoms with E-state index in [1.807, 2.05) is 11.6 Å². The highest BCUT2D eigenvalue weighted by Crippen LogP contribution is 2.32. The van der Waals surface area contributed by atoms with E-state index in [0.29, 0.717) is 5.92 Å². The number of hydrogen-bond donors (Lipinski definition) is 1. The van der Waals surface area contributed by atoms with Gasteiger partial charge in [-0.05, 0) is 12.8 Å². The van der Waals surface area contributed by atoms with E-state index in [0.717, 1.165) is 17.8 Å². The van der Waals surface area contributed by atoms with Crippen LogP contribution in [0.2, 0.25) is 0 Å². The normalized spacial score (nSPS) is 29.9. The molecule has 1 saturated carbocycles. The second-order valence-corrected chi connectivity index (χ2v) is 4.61. The van der Waals surface area contributed by atoms with E-state index in [9.17, 15) is 5.11 Å². The monoisotopic (exact) mass is 197 g/mol. The van der Waals surface area contributed by atoms with Crippen LogP contribution in [0.25, 0.3) is 0 Å². The van der Waals surface area contributed by atoms with Crippen molar-refractivity contribution >= 4 is 11.3 Å². The van der Waals surface area contributed by atoms with Gasteiger partial charge in [0.25, 0.3) is 0 Å². The van der Waals surface area contributed by atoms with Crippen LogP contribution in [0.15, 0.2) is 11.6 Å². The number of nitrogens with zero attached hydrogens (tertiary/aromatic N) is 1. The van der Waals surface area contributed by atoms with Crippen molar-refractivity contribution < 1.29 is 5.11 Å². The van der Waals surface area contributed by atoms with Gasteiger partial charge in [0.2, 0.25) is 0 Å². The molecule has 0 unspecified atom stereocenters. The summed E-state index contributed by atoms with van der Waals surface area (Å²) in [7, 11) is 0. The lowest BCUT2D eigenvalue weighted by atomic mass is 9.98. The van der Waals surface area contributed by atoms with Crippen molar-refractivity contribution in [1.82, 2.24) is 4.98 Å². The molecule has 1 aromatic rings. The van der Waals surface area contributed by atoms with Crippen LogP contribution in [0.5, 0.6) is 0 Å². The molecule has 3 heteroatoms. The summed E-state index contributed by atoms with van der Waals surface area (Å²) in [5.74, 6) is 0.308. The second kappa shape index (κ2) is 4.20. The number of rotatable bonds is 1. The fraction of sp³-hybridized carbons (Fsp3) is 0.700. The second-order valence-electron chi connectivity index (χ2n) is 3.68. The van der Waals surface area contributed by atoms with E-state index in [-0.39, 0.29) is 6.10 Å². The van der Waals surface area contributed by atoms with Gasteiger partial charge in [-0.3, -0.25) is 0 Å². The number of aromatic nitrogens is 1. The van der Waals surface area contributed by atoms with Gasteiger partial charge in [-0.2, -0.15) is 0 Å². The van der Waals surface area contributed by atoms with Gasteiger partial charge in [0.15, 0.2) is 0 Å². The van der Waals surface area contributed by atoms with Gasteiger partial charge in [-0.15, -0.1) is 11.3 Å². The standard InChI is InChI=1S/C10H15NOS/c12-9-5-3-1-2-4-8(9)10-11-6-7-13-10/h6-9,12H,1-5H2/t8-,9-/m1/s1. The Hall–Kier alpha value is -0.410. The van der Waals surface area contributed by atoms with E-state index in [2.05, 4.69) is 4.98 Å². The van der Waals surface area contributed by atoms with Gasteiger partial charge < -0.3 is 5.11 Å². The zero-order valence-electron chi connectivity index (χ0n) is 7.65. The zero-order chi connectivity index (χ0) is 9.10. The lowest BCUT2D eigenvalue weighted by molar-refractivity contribution is 0.135. The Morgan fingerprint density at radius 2 is 2.15 bits per heavy atom. The van der Waals surface area contributed by atoms with Gasteiger partial charge >= 0.3 is 0 Å². The van der Waals surface area contributed by atoms with Crippen LogP contribution in [0, 0.1) is 0 Å². The smallest absolute Gasteiger partial charge is 0.0981 e. The quantitative estimate of drug-likeness (QED) is 0.702. The maximum Gasteiger partial charge on any atom is 0.0981 e. The van der Waals surface area contributed by atoms with Gasteiger partial charge in [0.1, 0.15) is 0 Å². The number of thiazole rings is 1. The topological polar surface area (TPSA) is 33.1 Å². The first-order valence-electron chi connectivity index (χ1n) is 4.95. The predicted molar refractivity (Wildman–Crippen MR) is 53.9 cm³/mol. The lowest BCUT2D eigenvalue weighted by Crippen LogP contribution is -2.16. The highest BCUT2D eigenvalue weighted by atomic mass is 32.1. The summed E-state index contributed by atoms with van der Waals surface area (Å²) in [6.07, 6.45) is 7.40. The number of aliphatic hydroxyl groups is 1. The van der Waals surface area contributed by atoms with E-state index in [4.69, 9.17) is 0 Å². The molecule has 1 heterocycles. The summed E-state index contributed by atoms with van der Waals surface area (Å²) in [6.45, 7) is 0. The average molecular weight is 197 g/mol. The molecule has 0 spiro atoms. The Kier molecular flexibility index (Phi) is 2.96. The fourth-order valence-electron chi connectivity index (χ4n) is 1.99. The summed E-state index contributed by atoms with van der Waals surface area (Å²) in [5.41, 5.74) is 0. The molecule has 2 rings (SSSR count). The first-order valence-corrected chi connectivity index (χ1v) is 5.83. The van der Waals surface area contributed by atoms with Crippen molar-refractivity contribution in [3.8, 4) is 0 Å².